The summed E-state index contributed by atoms with van der Waals surface area (Å²) in [5.41, 5.74) is 2.27. The van der Waals surface area contributed by atoms with Gasteiger partial charge < -0.3 is 19.9 Å². The number of benzene rings is 2. The van der Waals surface area contributed by atoms with Gasteiger partial charge in [-0.3, -0.25) is 9.59 Å². The Morgan fingerprint density at radius 2 is 1.94 bits per heavy atom. The van der Waals surface area contributed by atoms with Crippen LogP contribution in [-0.2, 0) is 16.0 Å². The normalized spacial score (nSPS) is 18.6. The average Bonchev–Trinajstić information content (AvgIpc) is 3.11. The first kappa shape index (κ1) is 24.1. The maximum atomic E-state index is 13.8. The fourth-order valence-corrected chi connectivity index (χ4v) is 4.63. The van der Waals surface area contributed by atoms with Gasteiger partial charge in [-0.05, 0) is 62.9 Å². The Bertz CT molecular complexity index is 1210. The highest BCUT2D eigenvalue weighted by atomic mass is 35.5. The van der Waals surface area contributed by atoms with Crippen LogP contribution in [0.25, 0.3) is 10.9 Å². The topological polar surface area (TPSA) is 74.4 Å². The molecule has 0 saturated heterocycles. The molecule has 0 radical (unpaired) electrons. The van der Waals surface area contributed by atoms with Crippen molar-refractivity contribution >= 4 is 34.3 Å². The zero-order valence-corrected chi connectivity index (χ0v) is 21.1. The first-order chi connectivity index (χ1) is 16.0. The molecular formula is C27H32ClN3O3. The Morgan fingerprint density at radius 1 is 1.21 bits per heavy atom. The molecule has 1 aliphatic rings. The highest BCUT2D eigenvalue weighted by molar-refractivity contribution is 6.30. The van der Waals surface area contributed by atoms with E-state index in [0.717, 1.165) is 16.5 Å². The maximum Gasteiger partial charge on any atom is 0.264 e. The quantitative estimate of drug-likeness (QED) is 0.521. The second-order valence-corrected chi connectivity index (χ2v) is 10.7. The van der Waals surface area contributed by atoms with E-state index in [-0.39, 0.29) is 17.7 Å². The van der Waals surface area contributed by atoms with Crippen LogP contribution < -0.4 is 10.1 Å². The second-order valence-electron chi connectivity index (χ2n) is 10.2. The molecule has 3 aromatic rings. The predicted octanol–water partition coefficient (Wildman–Crippen LogP) is 5.27. The summed E-state index contributed by atoms with van der Waals surface area (Å²) in [7, 11) is 0. The Balaban J connectivity index is 1.77. The first-order valence-electron chi connectivity index (χ1n) is 11.7. The molecule has 0 bridgehead atoms. The number of ether oxygens (including phenoxy) is 1. The van der Waals surface area contributed by atoms with Crippen molar-refractivity contribution in [1.29, 1.82) is 0 Å². The van der Waals surface area contributed by atoms with Crippen molar-refractivity contribution in [2.24, 2.45) is 5.92 Å². The fourth-order valence-electron chi connectivity index (χ4n) is 4.45. The number of para-hydroxylation sites is 1. The zero-order valence-electron chi connectivity index (χ0n) is 20.3. The third-order valence-corrected chi connectivity index (χ3v) is 6.24. The van der Waals surface area contributed by atoms with E-state index in [9.17, 15) is 9.59 Å². The first-order valence-corrected chi connectivity index (χ1v) is 12.1. The molecule has 2 unspecified atom stereocenters. The Morgan fingerprint density at radius 3 is 2.65 bits per heavy atom. The summed E-state index contributed by atoms with van der Waals surface area (Å²) in [5, 5.41) is 4.66. The number of hydrogen-bond donors (Lipinski definition) is 2. The molecule has 2 atom stereocenters. The van der Waals surface area contributed by atoms with E-state index >= 15 is 0 Å². The van der Waals surface area contributed by atoms with Crippen LogP contribution in [0.3, 0.4) is 0 Å². The predicted molar refractivity (Wildman–Crippen MR) is 135 cm³/mol. The van der Waals surface area contributed by atoms with Gasteiger partial charge in [0.25, 0.3) is 5.91 Å². The second kappa shape index (κ2) is 9.34. The van der Waals surface area contributed by atoms with E-state index in [0.29, 0.717) is 29.3 Å². The molecule has 2 amide bonds. The number of carbonyl (C=O) groups excluding carboxylic acids is 2. The Labute approximate surface area is 205 Å². The van der Waals surface area contributed by atoms with Gasteiger partial charge in [-0.1, -0.05) is 43.6 Å². The van der Waals surface area contributed by atoms with Gasteiger partial charge in [-0.25, -0.2) is 0 Å². The third kappa shape index (κ3) is 4.92. The molecule has 1 aliphatic heterocycles. The van der Waals surface area contributed by atoms with E-state index in [4.69, 9.17) is 16.3 Å². The molecular weight excluding hydrogens is 450 g/mol. The van der Waals surface area contributed by atoms with Gasteiger partial charge in [0, 0.05) is 39.8 Å². The molecule has 0 aliphatic carbocycles. The summed E-state index contributed by atoms with van der Waals surface area (Å²) >= 11 is 6.34. The smallest absolute Gasteiger partial charge is 0.264 e. The SMILES string of the molecule is CC(C)C1Oc2ccc(Cl)cc2C(C(=O)NC(C)(C)C)N(CCc2c[nH]c3ccccc23)C1=O. The highest BCUT2D eigenvalue weighted by Crippen LogP contribution is 2.38. The van der Waals surface area contributed by atoms with Crippen molar-refractivity contribution in [3.8, 4) is 5.75 Å². The van der Waals surface area contributed by atoms with Crippen molar-refractivity contribution < 1.29 is 14.3 Å². The molecule has 6 nitrogen and oxygen atoms in total. The standard InChI is InChI=1S/C27H32ClN3O3/c1-16(2)24-26(33)31(13-12-17-15-29-21-9-7-6-8-19(17)21)23(25(32)30-27(3,4)5)20-14-18(28)10-11-22(20)34-24/h6-11,14-16,23-24,29H,12-13H2,1-5H3,(H,30,32). The number of amides is 2. The molecule has 1 aromatic heterocycles. The molecule has 2 heterocycles. The van der Waals surface area contributed by atoms with Crippen LogP contribution >= 0.6 is 11.6 Å². The van der Waals surface area contributed by atoms with Gasteiger partial charge in [-0.2, -0.15) is 0 Å². The van der Waals surface area contributed by atoms with Gasteiger partial charge in [-0.15, -0.1) is 0 Å². The molecule has 7 heteroatoms. The van der Waals surface area contributed by atoms with Gasteiger partial charge >= 0.3 is 0 Å². The minimum Gasteiger partial charge on any atom is -0.480 e. The maximum absolute atomic E-state index is 13.8. The number of nitrogens with zero attached hydrogens (tertiary/aromatic N) is 1. The van der Waals surface area contributed by atoms with E-state index in [2.05, 4.69) is 16.4 Å². The highest BCUT2D eigenvalue weighted by Gasteiger charge is 2.42. The lowest BCUT2D eigenvalue weighted by Crippen LogP contribution is -2.51. The molecule has 180 valence electrons. The number of carbonyl (C=O) groups is 2. The number of fused-ring (bicyclic) bond motifs is 2. The molecule has 0 fully saturated rings. The van der Waals surface area contributed by atoms with Crippen LogP contribution in [-0.4, -0.2) is 39.9 Å². The van der Waals surface area contributed by atoms with Gasteiger partial charge in [0.05, 0.1) is 0 Å². The molecule has 2 N–H and O–H groups in total. The number of rotatable bonds is 5. The van der Waals surface area contributed by atoms with E-state index in [1.54, 1.807) is 23.1 Å². The van der Waals surface area contributed by atoms with E-state index < -0.39 is 17.7 Å². The number of hydrogen-bond acceptors (Lipinski definition) is 3. The lowest BCUT2D eigenvalue weighted by atomic mass is 9.99. The summed E-state index contributed by atoms with van der Waals surface area (Å²) in [4.78, 5) is 32.4. The Hall–Kier alpha value is -2.99. The summed E-state index contributed by atoms with van der Waals surface area (Å²) in [6, 6.07) is 12.4. The minimum absolute atomic E-state index is 0.0731. The van der Waals surface area contributed by atoms with Gasteiger partial charge in [0.15, 0.2) is 6.10 Å². The number of nitrogens with one attached hydrogen (secondary N) is 2. The van der Waals surface area contributed by atoms with Crippen LogP contribution in [0.2, 0.25) is 5.02 Å². The van der Waals surface area contributed by atoms with Crippen molar-refractivity contribution in [3.05, 3.63) is 64.8 Å². The fraction of sp³-hybridized carbons (Fsp3) is 0.407. The van der Waals surface area contributed by atoms with E-state index in [1.807, 2.05) is 59.0 Å². The van der Waals surface area contributed by atoms with Crippen molar-refractivity contribution in [3.63, 3.8) is 0 Å². The van der Waals surface area contributed by atoms with E-state index in [1.165, 1.54) is 0 Å². The van der Waals surface area contributed by atoms with Crippen molar-refractivity contribution in [2.75, 3.05) is 6.54 Å². The van der Waals surface area contributed by atoms with Crippen molar-refractivity contribution in [2.45, 2.75) is 58.7 Å². The molecule has 2 aromatic carbocycles. The zero-order chi connectivity index (χ0) is 24.6. The number of H-pyrrole nitrogens is 1. The largest absolute Gasteiger partial charge is 0.480 e. The third-order valence-electron chi connectivity index (χ3n) is 6.01. The van der Waals surface area contributed by atoms with Gasteiger partial charge in [0.2, 0.25) is 5.91 Å². The number of halogens is 1. The molecule has 0 saturated carbocycles. The summed E-state index contributed by atoms with van der Waals surface area (Å²) in [5.74, 6) is -0.0105. The summed E-state index contributed by atoms with van der Waals surface area (Å²) < 4.78 is 6.20. The average molecular weight is 482 g/mol. The van der Waals surface area contributed by atoms with Gasteiger partial charge in [0.1, 0.15) is 11.8 Å². The van der Waals surface area contributed by atoms with Crippen molar-refractivity contribution in [1.82, 2.24) is 15.2 Å². The Kier molecular flexibility index (Phi) is 6.63. The van der Waals surface area contributed by atoms with Crippen LogP contribution in [0.5, 0.6) is 5.75 Å². The van der Waals surface area contributed by atoms with Crippen LogP contribution in [0.15, 0.2) is 48.7 Å². The summed E-state index contributed by atoms with van der Waals surface area (Å²) in [6.07, 6.45) is 1.86. The molecule has 0 spiro atoms. The van der Waals surface area contributed by atoms with Crippen LogP contribution in [0.4, 0.5) is 0 Å². The van der Waals surface area contributed by atoms with Crippen LogP contribution in [0, 0.1) is 5.92 Å². The summed E-state index contributed by atoms with van der Waals surface area (Å²) in [6.45, 7) is 10.0. The molecule has 34 heavy (non-hydrogen) atoms. The lowest BCUT2D eigenvalue weighted by molar-refractivity contribution is -0.146. The number of aromatic amines is 1. The number of aromatic nitrogens is 1. The lowest BCUT2D eigenvalue weighted by Gasteiger charge is -2.33. The van der Waals surface area contributed by atoms with Crippen LogP contribution in [0.1, 0.15) is 51.8 Å². The monoisotopic (exact) mass is 481 g/mol. The minimum atomic E-state index is -0.852. The molecule has 4 rings (SSSR count).